The summed E-state index contributed by atoms with van der Waals surface area (Å²) in [6.45, 7) is 3.44. The highest BCUT2D eigenvalue weighted by Crippen LogP contribution is 2.52. The van der Waals surface area contributed by atoms with Crippen molar-refractivity contribution in [1.29, 1.82) is 0 Å². The number of hydrogen-bond donors (Lipinski definition) is 2. The van der Waals surface area contributed by atoms with Crippen LogP contribution in [0.2, 0.25) is 0 Å². The summed E-state index contributed by atoms with van der Waals surface area (Å²) in [6.07, 6.45) is 4.45. The average molecular weight is 1130 g/mol. The van der Waals surface area contributed by atoms with Crippen molar-refractivity contribution in [1.82, 2.24) is 0 Å². The van der Waals surface area contributed by atoms with E-state index >= 15 is 0 Å². The number of nitrogens with zero attached hydrogens (tertiary/aromatic N) is 4. The Balaban J connectivity index is 1.28. The molecular formula is C56H50N4O18S2. The van der Waals surface area contributed by atoms with Crippen LogP contribution in [0.25, 0.3) is 34.3 Å². The Morgan fingerprint density at radius 2 is 0.838 bits per heavy atom. The fraction of sp³-hybridized carbons (Fsp3) is 0.214. The van der Waals surface area contributed by atoms with Gasteiger partial charge in [-0.15, -0.1) is 0 Å². The molecule has 0 amide bonds. The Hall–Kier alpha value is -9.60. The zero-order valence-electron chi connectivity index (χ0n) is 44.1. The molecule has 22 nitrogen and oxygen atoms in total. The number of carbonyl (C=O) groups excluding carboxylic acids is 2. The molecule has 24 heteroatoms. The second-order valence-corrected chi connectivity index (χ2v) is 20.3. The van der Waals surface area contributed by atoms with Crippen LogP contribution in [-0.2, 0) is 33.1 Å². The first-order valence-electron chi connectivity index (χ1n) is 24.0. The number of phenols is 2. The lowest BCUT2D eigenvalue weighted by Crippen LogP contribution is -2.21. The van der Waals surface area contributed by atoms with Gasteiger partial charge in [0, 0.05) is 81.6 Å². The van der Waals surface area contributed by atoms with E-state index in [-0.39, 0.29) is 139 Å². The maximum atomic E-state index is 14.4. The van der Waals surface area contributed by atoms with E-state index in [1.165, 1.54) is 128 Å². The fourth-order valence-corrected chi connectivity index (χ4v) is 11.6. The summed E-state index contributed by atoms with van der Waals surface area (Å²) in [5.74, 6) is -3.00. The Morgan fingerprint density at radius 3 is 1.16 bits per heavy atom. The van der Waals surface area contributed by atoms with Crippen LogP contribution in [0.15, 0.2) is 94.7 Å². The van der Waals surface area contributed by atoms with E-state index in [0.717, 1.165) is 12.2 Å². The van der Waals surface area contributed by atoms with Crippen molar-refractivity contribution in [3.8, 4) is 80.1 Å². The quantitative estimate of drug-likeness (QED) is 0.0390. The number of allylic oxidation sites excluding steroid dienone is 2. The summed E-state index contributed by atoms with van der Waals surface area (Å²) in [7, 11) is -1.69. The highest BCUT2D eigenvalue weighted by Gasteiger charge is 2.36. The van der Waals surface area contributed by atoms with E-state index in [4.69, 9.17) is 46.3 Å². The molecule has 0 aromatic heterocycles. The molecule has 0 saturated carbocycles. The molecular weight excluding hydrogens is 1080 g/mol. The van der Waals surface area contributed by atoms with Gasteiger partial charge in [-0.1, -0.05) is 24.3 Å². The molecule has 0 atom stereocenters. The predicted octanol–water partition coefficient (Wildman–Crippen LogP) is 8.09. The van der Waals surface area contributed by atoms with Gasteiger partial charge in [0.2, 0.25) is 11.5 Å². The summed E-state index contributed by atoms with van der Waals surface area (Å²) in [6, 6.07) is 16.4. The standard InChI is InChI=1S/C56H50N4O18S2/c1-9-75-43-25-29(23-37-41(27-45(69-3)55(73-7)53(37)71-5)77-79(65,66)47-15-11-13-33-31(47)17-19-39(59-57)49(33)61)21-35(51(43)63)36-22-30(26-44(52(36)64)76-10-2)24-38-42(28-46(70-4)56(74-8)54(38)72-6)78-80(67,68)48-16-12-14-34-32(48)18-20-40(60-58)50(34)62/h11-22,25-28,63-64H,9-10,23-24H2,1-8H3. The lowest BCUT2D eigenvalue weighted by atomic mass is 9.93. The molecule has 2 N–H and O–H groups in total. The van der Waals surface area contributed by atoms with Gasteiger partial charge in [0.25, 0.3) is 11.6 Å². The van der Waals surface area contributed by atoms with E-state index in [0.29, 0.717) is 11.1 Å². The number of Topliss-reactive ketones (excluding diaryl/α,β-unsaturated/α-hetero) is 2. The van der Waals surface area contributed by atoms with E-state index in [1.807, 2.05) is 0 Å². The van der Waals surface area contributed by atoms with Gasteiger partial charge in [-0.05, 0) is 73.5 Å². The molecule has 414 valence electrons. The zero-order chi connectivity index (χ0) is 57.8. The molecule has 0 bridgehead atoms. The molecule has 6 aromatic carbocycles. The minimum atomic E-state index is -4.82. The van der Waals surface area contributed by atoms with Crippen LogP contribution in [0.1, 0.15) is 67.9 Å². The van der Waals surface area contributed by atoms with E-state index < -0.39 is 53.1 Å². The van der Waals surface area contributed by atoms with E-state index in [2.05, 4.69) is 9.58 Å². The molecule has 80 heavy (non-hydrogen) atoms. The average Bonchev–Trinajstić information content (AvgIpc) is 3.47. The lowest BCUT2D eigenvalue weighted by molar-refractivity contribution is -0.00459. The number of benzene rings is 6. The molecule has 6 aromatic rings. The minimum absolute atomic E-state index is 0.0107. The summed E-state index contributed by atoms with van der Waals surface area (Å²) >= 11 is 0. The number of phenolic OH excluding ortho intramolecular Hbond substituents is 2. The zero-order valence-corrected chi connectivity index (χ0v) is 45.7. The largest absolute Gasteiger partial charge is 0.504 e. The monoisotopic (exact) mass is 1130 g/mol. The Morgan fingerprint density at radius 1 is 0.463 bits per heavy atom. The van der Waals surface area contributed by atoms with Gasteiger partial charge < -0.3 is 67.5 Å². The third-order valence-corrected chi connectivity index (χ3v) is 15.3. The van der Waals surface area contributed by atoms with Crippen LogP contribution >= 0.6 is 0 Å². The van der Waals surface area contributed by atoms with Crippen LogP contribution in [0.4, 0.5) is 0 Å². The summed E-state index contributed by atoms with van der Waals surface area (Å²) in [5, 5.41) is 24.1. The molecule has 0 saturated heterocycles. The Labute approximate surface area is 459 Å². The van der Waals surface area contributed by atoms with Gasteiger partial charge in [-0.2, -0.15) is 26.4 Å². The van der Waals surface area contributed by atoms with Crippen molar-refractivity contribution < 1.29 is 92.5 Å². The Kier molecular flexibility index (Phi) is 16.4. The van der Waals surface area contributed by atoms with Crippen molar-refractivity contribution in [2.75, 3.05) is 55.9 Å². The number of fused-ring (bicyclic) bond motifs is 2. The number of methoxy groups -OCH3 is 6. The molecule has 0 unspecified atom stereocenters. The fourth-order valence-electron chi connectivity index (χ4n) is 9.25. The molecule has 0 fully saturated rings. The van der Waals surface area contributed by atoms with Gasteiger partial charge in [0.15, 0.2) is 57.5 Å². The van der Waals surface area contributed by atoms with Gasteiger partial charge in [0.05, 0.1) is 55.9 Å². The molecule has 0 spiro atoms. The normalized spacial score (nSPS) is 12.7. The van der Waals surface area contributed by atoms with Crippen LogP contribution in [0, 0.1) is 0 Å². The Bertz CT molecular complexity index is 3700. The highest BCUT2D eigenvalue weighted by molar-refractivity contribution is 7.87. The van der Waals surface area contributed by atoms with Gasteiger partial charge >= 0.3 is 31.7 Å². The molecule has 0 heterocycles. The maximum absolute atomic E-state index is 14.4. The van der Waals surface area contributed by atoms with Crippen LogP contribution in [-0.4, -0.2) is 115 Å². The summed E-state index contributed by atoms with van der Waals surface area (Å²) < 4.78 is 116. The maximum Gasteiger partial charge on any atom is 0.362 e. The summed E-state index contributed by atoms with van der Waals surface area (Å²) in [5.41, 5.74) is 18.7. The van der Waals surface area contributed by atoms with Gasteiger partial charge in [-0.3, -0.25) is 9.59 Å². The van der Waals surface area contributed by atoms with Gasteiger partial charge in [0.1, 0.15) is 9.79 Å². The first-order chi connectivity index (χ1) is 38.4. The van der Waals surface area contributed by atoms with E-state index in [9.17, 15) is 47.7 Å². The second-order valence-electron chi connectivity index (χ2n) is 17.2. The highest BCUT2D eigenvalue weighted by atomic mass is 32.2. The number of carbonyl (C=O) groups is 2. The topological polar surface area (TPSA) is 308 Å². The van der Waals surface area contributed by atoms with Crippen LogP contribution < -0.4 is 46.3 Å². The smallest absolute Gasteiger partial charge is 0.362 e. The lowest BCUT2D eigenvalue weighted by Gasteiger charge is -2.22. The third-order valence-electron chi connectivity index (χ3n) is 12.8. The van der Waals surface area contributed by atoms with Crippen molar-refractivity contribution in [2.24, 2.45) is 0 Å². The molecule has 0 radical (unpaired) electrons. The number of hydrogen-bond acceptors (Lipinski definition) is 18. The molecule has 2 aliphatic rings. The molecule has 8 rings (SSSR count). The third kappa shape index (κ3) is 10.5. The summed E-state index contributed by atoms with van der Waals surface area (Å²) in [4.78, 5) is 31.4. The van der Waals surface area contributed by atoms with Crippen molar-refractivity contribution in [2.45, 2.75) is 36.5 Å². The minimum Gasteiger partial charge on any atom is -0.504 e. The van der Waals surface area contributed by atoms with Gasteiger partial charge in [-0.25, -0.2) is 0 Å². The molecule has 2 aliphatic carbocycles. The van der Waals surface area contributed by atoms with Crippen molar-refractivity contribution >= 4 is 55.4 Å². The molecule has 0 aliphatic heterocycles. The number of ether oxygens (including phenoxy) is 8. The second kappa shape index (κ2) is 23.2. The first kappa shape index (κ1) is 56.6. The predicted molar refractivity (Wildman–Crippen MR) is 288 cm³/mol. The number of aromatic hydroxyl groups is 2. The van der Waals surface area contributed by atoms with Crippen LogP contribution in [0.5, 0.6) is 69.0 Å². The van der Waals surface area contributed by atoms with Crippen molar-refractivity contribution in [3.05, 3.63) is 141 Å². The van der Waals surface area contributed by atoms with Crippen LogP contribution in [0.3, 0.4) is 0 Å². The first-order valence-corrected chi connectivity index (χ1v) is 26.8. The van der Waals surface area contributed by atoms with E-state index in [1.54, 1.807) is 13.8 Å². The number of ketones is 2. The SMILES string of the molecule is CCOc1cc(Cc2c(OS(=O)(=O)c3cccc4c3C=CC(=[N+]=[N-])C4=O)cc(OC)c(OC)c2OC)cc(-c2cc(Cc3c(OS(=O)(=O)c4cccc5c4C=CC(=[N+]=[N-])C5=O)cc(OC)c(OC)c3OC)cc(OCC)c2O)c1O. The number of rotatable bonds is 21. The van der Waals surface area contributed by atoms with Crippen molar-refractivity contribution in [3.63, 3.8) is 0 Å².